The molecule has 0 aromatic heterocycles. The minimum Gasteiger partial charge on any atom is -0.317 e. The third-order valence-electron chi connectivity index (χ3n) is 4.76. The van der Waals surface area contributed by atoms with Crippen LogP contribution in [-0.4, -0.2) is 13.1 Å². The van der Waals surface area contributed by atoms with Gasteiger partial charge in [0.15, 0.2) is 0 Å². The lowest BCUT2D eigenvalue weighted by atomic mass is 9.78. The van der Waals surface area contributed by atoms with Gasteiger partial charge in [-0.1, -0.05) is 31.9 Å². The topological polar surface area (TPSA) is 12.0 Å². The SMILES string of the molecule is CCCCC(Cc1ccc(C(F)(F)F)cc1)C1CCNCC1. The first-order valence-electron chi connectivity index (χ1n) is 8.37. The highest BCUT2D eigenvalue weighted by Crippen LogP contribution is 2.32. The molecule has 1 unspecified atom stereocenters. The second-order valence-corrected chi connectivity index (χ2v) is 6.39. The van der Waals surface area contributed by atoms with Crippen LogP contribution in [0.25, 0.3) is 0 Å². The predicted molar refractivity (Wildman–Crippen MR) is 83.8 cm³/mol. The fraction of sp³-hybridized carbons (Fsp3) is 0.667. The van der Waals surface area contributed by atoms with Crippen molar-refractivity contribution in [2.24, 2.45) is 11.8 Å². The molecule has 0 saturated carbocycles. The maximum Gasteiger partial charge on any atom is 0.416 e. The van der Waals surface area contributed by atoms with Gasteiger partial charge in [0.1, 0.15) is 0 Å². The largest absolute Gasteiger partial charge is 0.416 e. The average molecular weight is 313 g/mol. The molecule has 0 aliphatic carbocycles. The minimum absolute atomic E-state index is 0.553. The molecule has 1 aromatic rings. The summed E-state index contributed by atoms with van der Waals surface area (Å²) < 4.78 is 37.9. The van der Waals surface area contributed by atoms with Crippen molar-refractivity contribution in [3.8, 4) is 0 Å². The Morgan fingerprint density at radius 3 is 2.32 bits per heavy atom. The Balaban J connectivity index is 2.02. The maximum absolute atomic E-state index is 12.6. The van der Waals surface area contributed by atoms with Crippen LogP contribution in [0.15, 0.2) is 24.3 Å². The van der Waals surface area contributed by atoms with Gasteiger partial charge in [-0.2, -0.15) is 13.2 Å². The molecular formula is C18H26F3N. The van der Waals surface area contributed by atoms with Crippen LogP contribution in [0.3, 0.4) is 0 Å². The molecule has 1 aliphatic heterocycles. The first-order chi connectivity index (χ1) is 10.5. The van der Waals surface area contributed by atoms with Gasteiger partial charge in [-0.3, -0.25) is 0 Å². The number of halogens is 3. The van der Waals surface area contributed by atoms with Crippen molar-refractivity contribution in [1.29, 1.82) is 0 Å². The van der Waals surface area contributed by atoms with E-state index in [4.69, 9.17) is 0 Å². The Kier molecular flexibility index (Phi) is 6.30. The summed E-state index contributed by atoms with van der Waals surface area (Å²) >= 11 is 0. The van der Waals surface area contributed by atoms with Crippen LogP contribution in [0.5, 0.6) is 0 Å². The molecule has 124 valence electrons. The van der Waals surface area contributed by atoms with Crippen molar-refractivity contribution in [3.63, 3.8) is 0 Å². The van der Waals surface area contributed by atoms with E-state index in [0.717, 1.165) is 25.1 Å². The van der Waals surface area contributed by atoms with Gasteiger partial charge in [0.25, 0.3) is 0 Å². The molecule has 1 saturated heterocycles. The molecule has 0 radical (unpaired) electrons. The van der Waals surface area contributed by atoms with Crippen molar-refractivity contribution in [2.75, 3.05) is 13.1 Å². The molecule has 1 heterocycles. The summed E-state index contributed by atoms with van der Waals surface area (Å²) in [7, 11) is 0. The molecule has 0 amide bonds. The number of alkyl halides is 3. The number of hydrogen-bond acceptors (Lipinski definition) is 1. The van der Waals surface area contributed by atoms with Crippen molar-refractivity contribution < 1.29 is 13.2 Å². The van der Waals surface area contributed by atoms with Gasteiger partial charge in [-0.05, 0) is 68.3 Å². The van der Waals surface area contributed by atoms with Crippen molar-refractivity contribution >= 4 is 0 Å². The van der Waals surface area contributed by atoms with Crippen molar-refractivity contribution in [3.05, 3.63) is 35.4 Å². The summed E-state index contributed by atoms with van der Waals surface area (Å²) in [5.74, 6) is 1.30. The Hall–Kier alpha value is -1.03. The average Bonchev–Trinajstić information content (AvgIpc) is 2.52. The Morgan fingerprint density at radius 1 is 1.14 bits per heavy atom. The molecular weight excluding hydrogens is 287 g/mol. The zero-order chi connectivity index (χ0) is 16.0. The van der Waals surface area contributed by atoms with E-state index in [1.54, 1.807) is 12.1 Å². The highest BCUT2D eigenvalue weighted by atomic mass is 19.4. The van der Waals surface area contributed by atoms with E-state index in [0.29, 0.717) is 11.8 Å². The summed E-state index contributed by atoms with van der Waals surface area (Å²) in [4.78, 5) is 0. The molecule has 0 bridgehead atoms. The van der Waals surface area contributed by atoms with Gasteiger partial charge in [-0.15, -0.1) is 0 Å². The van der Waals surface area contributed by atoms with Crippen LogP contribution >= 0.6 is 0 Å². The summed E-state index contributed by atoms with van der Waals surface area (Å²) in [6, 6.07) is 5.75. The monoisotopic (exact) mass is 313 g/mol. The highest BCUT2D eigenvalue weighted by Gasteiger charge is 2.30. The first-order valence-corrected chi connectivity index (χ1v) is 8.37. The Morgan fingerprint density at radius 2 is 1.77 bits per heavy atom. The fourth-order valence-electron chi connectivity index (χ4n) is 3.42. The lowest BCUT2D eigenvalue weighted by molar-refractivity contribution is -0.137. The number of benzene rings is 1. The van der Waals surface area contributed by atoms with E-state index in [9.17, 15) is 13.2 Å². The second kappa shape index (κ2) is 8.00. The zero-order valence-electron chi connectivity index (χ0n) is 13.3. The van der Waals surface area contributed by atoms with Gasteiger partial charge in [0.2, 0.25) is 0 Å². The number of rotatable bonds is 6. The van der Waals surface area contributed by atoms with Gasteiger partial charge in [0.05, 0.1) is 5.56 Å². The molecule has 1 aromatic carbocycles. The second-order valence-electron chi connectivity index (χ2n) is 6.39. The third kappa shape index (κ3) is 5.01. The lowest BCUT2D eigenvalue weighted by Crippen LogP contribution is -2.32. The standard InChI is InChI=1S/C18H26F3N/c1-2-3-4-16(15-9-11-22-12-10-15)13-14-5-7-17(8-6-14)18(19,20)21/h5-8,15-16,22H,2-4,9-13H2,1H3. The maximum atomic E-state index is 12.6. The number of piperidine rings is 1. The Labute approximate surface area is 131 Å². The fourth-order valence-corrected chi connectivity index (χ4v) is 3.42. The normalized spacial score (nSPS) is 18.4. The highest BCUT2D eigenvalue weighted by molar-refractivity contribution is 5.25. The van der Waals surface area contributed by atoms with E-state index in [-0.39, 0.29) is 0 Å². The van der Waals surface area contributed by atoms with E-state index in [1.807, 2.05) is 0 Å². The van der Waals surface area contributed by atoms with Crippen LogP contribution in [0.1, 0.15) is 50.2 Å². The van der Waals surface area contributed by atoms with E-state index < -0.39 is 11.7 Å². The summed E-state index contributed by atoms with van der Waals surface area (Å²) in [6.07, 6.45) is 2.61. The van der Waals surface area contributed by atoms with Gasteiger partial charge < -0.3 is 5.32 Å². The van der Waals surface area contributed by atoms with Crippen LogP contribution in [0.4, 0.5) is 13.2 Å². The van der Waals surface area contributed by atoms with Crippen LogP contribution in [-0.2, 0) is 12.6 Å². The lowest BCUT2D eigenvalue weighted by Gasteiger charge is -2.31. The molecule has 4 heteroatoms. The predicted octanol–water partition coefficient (Wildman–Crippen LogP) is 5.05. The van der Waals surface area contributed by atoms with E-state index in [2.05, 4.69) is 12.2 Å². The smallest absolute Gasteiger partial charge is 0.317 e. The molecule has 1 atom stereocenters. The van der Waals surface area contributed by atoms with Crippen LogP contribution in [0, 0.1) is 11.8 Å². The molecule has 0 spiro atoms. The zero-order valence-corrected chi connectivity index (χ0v) is 13.3. The van der Waals surface area contributed by atoms with E-state index in [1.165, 1.54) is 44.2 Å². The van der Waals surface area contributed by atoms with Crippen LogP contribution < -0.4 is 5.32 Å². The third-order valence-corrected chi connectivity index (χ3v) is 4.76. The quantitative estimate of drug-likeness (QED) is 0.774. The van der Waals surface area contributed by atoms with Crippen molar-refractivity contribution in [1.82, 2.24) is 5.32 Å². The Bertz CT molecular complexity index is 433. The van der Waals surface area contributed by atoms with Gasteiger partial charge in [-0.25, -0.2) is 0 Å². The summed E-state index contributed by atoms with van der Waals surface area (Å²) in [6.45, 7) is 4.33. The summed E-state index contributed by atoms with van der Waals surface area (Å²) in [5.41, 5.74) is 0.482. The van der Waals surface area contributed by atoms with E-state index >= 15 is 0 Å². The summed E-state index contributed by atoms with van der Waals surface area (Å²) in [5, 5.41) is 3.39. The molecule has 1 aliphatic rings. The number of hydrogen-bond donors (Lipinski definition) is 1. The molecule has 2 rings (SSSR count). The molecule has 1 nitrogen and oxygen atoms in total. The van der Waals surface area contributed by atoms with Crippen LogP contribution in [0.2, 0.25) is 0 Å². The molecule has 22 heavy (non-hydrogen) atoms. The van der Waals surface area contributed by atoms with Gasteiger partial charge in [0, 0.05) is 0 Å². The number of nitrogens with one attached hydrogen (secondary N) is 1. The minimum atomic E-state index is -4.24. The van der Waals surface area contributed by atoms with Gasteiger partial charge >= 0.3 is 6.18 Å². The molecule has 1 fully saturated rings. The molecule has 1 N–H and O–H groups in total. The van der Waals surface area contributed by atoms with Crippen molar-refractivity contribution in [2.45, 2.75) is 51.6 Å². The number of unbranched alkanes of at least 4 members (excludes halogenated alkanes) is 1. The first kappa shape index (κ1) is 17.3.